The Kier molecular flexibility index (Phi) is 5.76. The zero-order valence-corrected chi connectivity index (χ0v) is 14.2. The van der Waals surface area contributed by atoms with Crippen molar-refractivity contribution >= 4 is 17.4 Å². The molecule has 1 aromatic carbocycles. The van der Waals surface area contributed by atoms with Gasteiger partial charge < -0.3 is 20.8 Å². The van der Waals surface area contributed by atoms with E-state index in [1.807, 2.05) is 6.92 Å². The Hall–Kier alpha value is -2.60. The number of nitrogens with two attached hydrogens (primary N) is 1. The second-order valence-corrected chi connectivity index (χ2v) is 5.50. The summed E-state index contributed by atoms with van der Waals surface area (Å²) in [6, 6.07) is 7.06. The molecule has 0 aliphatic heterocycles. The highest BCUT2D eigenvalue weighted by Gasteiger charge is 2.21. The average Bonchev–Trinajstić information content (AvgIpc) is 2.91. The minimum atomic E-state index is -0.266. The van der Waals surface area contributed by atoms with Crippen molar-refractivity contribution in [2.45, 2.75) is 27.2 Å². The van der Waals surface area contributed by atoms with Crippen molar-refractivity contribution < 1.29 is 14.3 Å². The van der Waals surface area contributed by atoms with E-state index in [0.29, 0.717) is 42.3 Å². The number of rotatable bonds is 7. The smallest absolute Gasteiger partial charge is 0.272 e. The van der Waals surface area contributed by atoms with Crippen LogP contribution >= 0.6 is 0 Å². The molecule has 0 spiro atoms. The number of aromatic nitrogens is 1. The van der Waals surface area contributed by atoms with Gasteiger partial charge in [0.1, 0.15) is 18.1 Å². The first kappa shape index (κ1) is 17.7. The maximum Gasteiger partial charge on any atom is 0.272 e. The molecule has 0 aliphatic carbocycles. The molecule has 1 amide bonds. The summed E-state index contributed by atoms with van der Waals surface area (Å²) in [6.45, 7) is 6.13. The predicted octanol–water partition coefficient (Wildman–Crippen LogP) is 2.68. The third-order valence-electron chi connectivity index (χ3n) is 3.72. The van der Waals surface area contributed by atoms with Gasteiger partial charge in [0.15, 0.2) is 5.78 Å². The first-order chi connectivity index (χ1) is 11.5. The van der Waals surface area contributed by atoms with E-state index in [0.717, 1.165) is 11.3 Å². The van der Waals surface area contributed by atoms with Crippen molar-refractivity contribution in [1.82, 2.24) is 4.98 Å². The Morgan fingerprint density at radius 1 is 1.25 bits per heavy atom. The molecule has 6 nitrogen and oxygen atoms in total. The fourth-order valence-electron chi connectivity index (χ4n) is 2.71. The molecule has 0 bridgehead atoms. The quantitative estimate of drug-likeness (QED) is 0.680. The molecule has 0 aliphatic rings. The van der Waals surface area contributed by atoms with Crippen LogP contribution in [0.15, 0.2) is 24.3 Å². The Bertz CT molecular complexity index is 733. The molecule has 0 radical (unpaired) electrons. The number of carbonyl (C=O) groups is 2. The number of H-pyrrole nitrogens is 1. The lowest BCUT2D eigenvalue weighted by atomic mass is 10.0. The number of nitrogens with one attached hydrogen (secondary N) is 2. The number of carbonyl (C=O) groups excluding carboxylic acids is 2. The lowest BCUT2D eigenvalue weighted by Crippen LogP contribution is -2.15. The number of hydrogen-bond donors (Lipinski definition) is 3. The van der Waals surface area contributed by atoms with Gasteiger partial charge in [-0.15, -0.1) is 0 Å². The molecular formula is C18H23N3O3. The van der Waals surface area contributed by atoms with E-state index >= 15 is 0 Å². The summed E-state index contributed by atoms with van der Waals surface area (Å²) in [4.78, 5) is 27.4. The molecule has 24 heavy (non-hydrogen) atoms. The minimum absolute atomic E-state index is 0.0407. The Labute approximate surface area is 141 Å². The highest BCUT2D eigenvalue weighted by molar-refractivity contribution is 6.07. The Morgan fingerprint density at radius 2 is 1.92 bits per heavy atom. The monoisotopic (exact) mass is 329 g/mol. The first-order valence-corrected chi connectivity index (χ1v) is 7.94. The number of benzene rings is 1. The molecule has 1 aromatic heterocycles. The topological polar surface area (TPSA) is 97.2 Å². The highest BCUT2D eigenvalue weighted by Crippen LogP contribution is 2.22. The van der Waals surface area contributed by atoms with E-state index in [-0.39, 0.29) is 11.7 Å². The standard InChI is InChI=1S/C18H23N3O3/c1-4-15-16(12(3)22)11(2)20-17(15)18(23)21-13-5-7-14(8-6-13)24-10-9-19/h5-8,20H,4,9-10,19H2,1-3H3,(H,21,23). The molecule has 128 valence electrons. The van der Waals surface area contributed by atoms with E-state index in [9.17, 15) is 9.59 Å². The van der Waals surface area contributed by atoms with Crippen molar-refractivity contribution in [2.75, 3.05) is 18.5 Å². The van der Waals surface area contributed by atoms with E-state index < -0.39 is 0 Å². The average molecular weight is 329 g/mol. The van der Waals surface area contributed by atoms with Gasteiger partial charge in [-0.3, -0.25) is 9.59 Å². The Morgan fingerprint density at radius 3 is 2.46 bits per heavy atom. The summed E-state index contributed by atoms with van der Waals surface area (Å²) in [5, 5.41) is 2.83. The molecule has 0 unspecified atom stereocenters. The van der Waals surface area contributed by atoms with E-state index in [4.69, 9.17) is 10.5 Å². The second-order valence-electron chi connectivity index (χ2n) is 5.50. The third-order valence-corrected chi connectivity index (χ3v) is 3.72. The first-order valence-electron chi connectivity index (χ1n) is 7.94. The van der Waals surface area contributed by atoms with Crippen LogP contribution in [0.3, 0.4) is 0 Å². The van der Waals surface area contributed by atoms with E-state index in [1.54, 1.807) is 31.2 Å². The molecule has 4 N–H and O–H groups in total. The molecule has 0 saturated heterocycles. The zero-order valence-electron chi connectivity index (χ0n) is 14.2. The molecule has 0 saturated carbocycles. The summed E-state index contributed by atoms with van der Waals surface area (Å²) < 4.78 is 5.40. The molecule has 1 heterocycles. The van der Waals surface area contributed by atoms with Crippen LogP contribution in [0.4, 0.5) is 5.69 Å². The van der Waals surface area contributed by atoms with Crippen LogP contribution in [0.1, 0.15) is 46.0 Å². The van der Waals surface area contributed by atoms with Gasteiger partial charge in [-0.2, -0.15) is 0 Å². The maximum absolute atomic E-state index is 12.5. The summed E-state index contributed by atoms with van der Waals surface area (Å²) in [7, 11) is 0. The zero-order chi connectivity index (χ0) is 17.7. The summed E-state index contributed by atoms with van der Waals surface area (Å²) >= 11 is 0. The number of anilines is 1. The Balaban J connectivity index is 2.18. The molecule has 2 aromatic rings. The van der Waals surface area contributed by atoms with Crippen LogP contribution in [0, 0.1) is 6.92 Å². The van der Waals surface area contributed by atoms with Gasteiger partial charge in [0, 0.05) is 23.5 Å². The van der Waals surface area contributed by atoms with Crippen LogP contribution in [-0.4, -0.2) is 29.8 Å². The van der Waals surface area contributed by atoms with Crippen LogP contribution in [0.2, 0.25) is 0 Å². The van der Waals surface area contributed by atoms with Gasteiger partial charge in [0.05, 0.1) is 0 Å². The summed E-state index contributed by atoms with van der Waals surface area (Å²) in [6.07, 6.45) is 0.605. The van der Waals surface area contributed by atoms with Gasteiger partial charge in [0.25, 0.3) is 5.91 Å². The van der Waals surface area contributed by atoms with Gasteiger partial charge >= 0.3 is 0 Å². The SMILES string of the molecule is CCc1c(C(=O)Nc2ccc(OCCN)cc2)[nH]c(C)c1C(C)=O. The summed E-state index contributed by atoms with van der Waals surface area (Å²) in [5.74, 6) is 0.390. The number of aromatic amines is 1. The second kappa shape index (κ2) is 7.79. The van der Waals surface area contributed by atoms with Crippen LogP contribution in [-0.2, 0) is 6.42 Å². The largest absolute Gasteiger partial charge is 0.492 e. The van der Waals surface area contributed by atoms with E-state index in [2.05, 4.69) is 10.3 Å². The number of ketones is 1. The molecule has 6 heteroatoms. The van der Waals surface area contributed by atoms with Crippen molar-refractivity contribution in [3.05, 3.63) is 46.8 Å². The fourth-order valence-corrected chi connectivity index (χ4v) is 2.71. The van der Waals surface area contributed by atoms with Crippen LogP contribution in [0.25, 0.3) is 0 Å². The molecular weight excluding hydrogens is 306 g/mol. The van der Waals surface area contributed by atoms with Gasteiger partial charge in [-0.1, -0.05) is 6.92 Å². The van der Waals surface area contributed by atoms with Gasteiger partial charge in [-0.05, 0) is 50.1 Å². The van der Waals surface area contributed by atoms with Gasteiger partial charge in [-0.25, -0.2) is 0 Å². The van der Waals surface area contributed by atoms with Gasteiger partial charge in [0.2, 0.25) is 0 Å². The minimum Gasteiger partial charge on any atom is -0.492 e. The normalized spacial score (nSPS) is 10.5. The van der Waals surface area contributed by atoms with Crippen LogP contribution in [0.5, 0.6) is 5.75 Å². The molecule has 2 rings (SSSR count). The number of hydrogen-bond acceptors (Lipinski definition) is 4. The van der Waals surface area contributed by atoms with Crippen molar-refractivity contribution in [2.24, 2.45) is 5.73 Å². The third kappa shape index (κ3) is 3.83. The highest BCUT2D eigenvalue weighted by atomic mass is 16.5. The van der Waals surface area contributed by atoms with Crippen molar-refractivity contribution in [3.8, 4) is 5.75 Å². The number of ether oxygens (including phenoxy) is 1. The fraction of sp³-hybridized carbons (Fsp3) is 0.333. The lowest BCUT2D eigenvalue weighted by Gasteiger charge is -2.08. The predicted molar refractivity (Wildman–Crippen MR) is 93.9 cm³/mol. The van der Waals surface area contributed by atoms with Crippen molar-refractivity contribution in [1.29, 1.82) is 0 Å². The molecule has 0 fully saturated rings. The maximum atomic E-state index is 12.5. The van der Waals surface area contributed by atoms with E-state index in [1.165, 1.54) is 6.92 Å². The van der Waals surface area contributed by atoms with Crippen LogP contribution < -0.4 is 15.8 Å². The number of amides is 1. The molecule has 0 atom stereocenters. The summed E-state index contributed by atoms with van der Waals surface area (Å²) in [5.41, 5.74) is 8.55. The number of aryl methyl sites for hydroxylation is 1. The van der Waals surface area contributed by atoms with Crippen molar-refractivity contribution in [3.63, 3.8) is 0 Å². The number of Topliss-reactive ketones (excluding diaryl/α,β-unsaturated/α-hetero) is 1. The lowest BCUT2D eigenvalue weighted by molar-refractivity contribution is 0.101.